The fourth-order valence-electron chi connectivity index (χ4n) is 10.9. The summed E-state index contributed by atoms with van der Waals surface area (Å²) in [4.78, 5) is 35.9. The molecular formula is C79H145NO8P+. The first kappa shape index (κ1) is 86.2. The van der Waals surface area contributed by atoms with Crippen LogP contribution < -0.4 is 0 Å². The highest BCUT2D eigenvalue weighted by atomic mass is 31.2. The van der Waals surface area contributed by atoms with E-state index in [0.717, 1.165) is 96.3 Å². The number of ether oxygens (including phenoxy) is 2. The largest absolute Gasteiger partial charge is 0.472 e. The third kappa shape index (κ3) is 74.1. The molecule has 0 saturated heterocycles. The quantitative estimate of drug-likeness (QED) is 0.0211. The lowest BCUT2D eigenvalue weighted by Gasteiger charge is -2.24. The second-order valence-corrected chi connectivity index (χ2v) is 28.1. The lowest BCUT2D eigenvalue weighted by Crippen LogP contribution is -2.37. The van der Waals surface area contributed by atoms with E-state index in [2.05, 4.69) is 98.9 Å². The summed E-state index contributed by atoms with van der Waals surface area (Å²) < 4.78 is 34.7. The summed E-state index contributed by atoms with van der Waals surface area (Å²) in [6, 6.07) is 0. The Kier molecular flexibility index (Phi) is 67.3. The highest BCUT2D eigenvalue weighted by Crippen LogP contribution is 2.43. The summed E-state index contributed by atoms with van der Waals surface area (Å²) in [6.45, 7) is 4.34. The van der Waals surface area contributed by atoms with Crippen molar-refractivity contribution in [1.82, 2.24) is 0 Å². The van der Waals surface area contributed by atoms with Gasteiger partial charge in [0.15, 0.2) is 6.10 Å². The van der Waals surface area contributed by atoms with Gasteiger partial charge in [0.1, 0.15) is 19.8 Å². The molecule has 2 unspecified atom stereocenters. The molecule has 0 aliphatic heterocycles. The molecule has 518 valence electrons. The van der Waals surface area contributed by atoms with Crippen molar-refractivity contribution in [3.8, 4) is 0 Å². The van der Waals surface area contributed by atoms with Crippen molar-refractivity contribution < 1.29 is 42.1 Å². The van der Waals surface area contributed by atoms with Crippen LogP contribution in [0.4, 0.5) is 0 Å². The summed E-state index contributed by atoms with van der Waals surface area (Å²) in [7, 11) is 1.47. The Bertz CT molecular complexity index is 1780. The molecule has 0 heterocycles. The second kappa shape index (κ2) is 69.5. The number of hydrogen-bond acceptors (Lipinski definition) is 7. The number of likely N-dealkylation sites (N-methyl/N-ethyl adjacent to an activating group) is 1. The van der Waals surface area contributed by atoms with E-state index in [4.69, 9.17) is 18.5 Å². The average molecular weight is 1270 g/mol. The SMILES string of the molecule is CC/C=C\C/C=C\C/C=C\C/C=C\C/C=C\C/C=C\C/C=C\CCCCCCCC(=O)OC(COC(=O)CCCCCCCCCCCCCCCCCCCCCCCCCCCCCCCCCCCCCCCC)COP(=O)(O)OCC[N+](C)(C)C. The molecule has 0 aliphatic rings. The van der Waals surface area contributed by atoms with Gasteiger partial charge in [-0.2, -0.15) is 0 Å². The molecule has 89 heavy (non-hydrogen) atoms. The smallest absolute Gasteiger partial charge is 0.462 e. The molecule has 0 spiro atoms. The van der Waals surface area contributed by atoms with Crippen molar-refractivity contribution in [1.29, 1.82) is 0 Å². The molecule has 0 amide bonds. The Morgan fingerprint density at radius 1 is 0.360 bits per heavy atom. The third-order valence-electron chi connectivity index (χ3n) is 16.7. The summed E-state index contributed by atoms with van der Waals surface area (Å²) >= 11 is 0. The average Bonchev–Trinajstić information content (AvgIpc) is 3.60. The zero-order valence-electron chi connectivity index (χ0n) is 59.2. The first-order valence-corrected chi connectivity index (χ1v) is 39.3. The van der Waals surface area contributed by atoms with Gasteiger partial charge in [0.25, 0.3) is 0 Å². The van der Waals surface area contributed by atoms with Gasteiger partial charge >= 0.3 is 19.8 Å². The van der Waals surface area contributed by atoms with Crippen molar-refractivity contribution >= 4 is 19.8 Å². The monoisotopic (exact) mass is 1270 g/mol. The van der Waals surface area contributed by atoms with Gasteiger partial charge < -0.3 is 18.9 Å². The molecule has 0 aromatic heterocycles. The maximum Gasteiger partial charge on any atom is 0.472 e. The minimum Gasteiger partial charge on any atom is -0.462 e. The fourth-order valence-corrected chi connectivity index (χ4v) is 11.7. The number of rotatable bonds is 70. The molecule has 0 aliphatic carbocycles. The number of quaternary nitrogens is 1. The minimum absolute atomic E-state index is 0.0249. The van der Waals surface area contributed by atoms with Crippen LogP contribution in [-0.2, 0) is 32.7 Å². The van der Waals surface area contributed by atoms with Crippen LogP contribution in [0.5, 0.6) is 0 Å². The molecule has 9 nitrogen and oxygen atoms in total. The van der Waals surface area contributed by atoms with Crippen LogP contribution in [0.2, 0.25) is 0 Å². The van der Waals surface area contributed by atoms with Gasteiger partial charge in [0.05, 0.1) is 27.7 Å². The Balaban J connectivity index is 3.98. The molecule has 1 N–H and O–H groups in total. The number of allylic oxidation sites excluding steroid dienone is 14. The molecule has 0 aromatic carbocycles. The Morgan fingerprint density at radius 3 is 0.955 bits per heavy atom. The Hall–Kier alpha value is -2.81. The van der Waals surface area contributed by atoms with E-state index in [0.29, 0.717) is 17.4 Å². The maximum atomic E-state index is 12.9. The van der Waals surface area contributed by atoms with Crippen LogP contribution in [0.3, 0.4) is 0 Å². The predicted molar refractivity (Wildman–Crippen MR) is 385 cm³/mol. The zero-order valence-corrected chi connectivity index (χ0v) is 60.1. The molecule has 0 fully saturated rings. The standard InChI is InChI=1S/C79H144NO8P/c1-6-8-10-12-14-16-18-20-22-24-26-28-30-32-34-35-36-37-38-39-40-41-42-43-44-46-47-49-51-53-55-57-59-61-63-65-67-69-71-78(81)85-75-77(76-87-89(83,84)86-74-73-80(3,4)5)88-79(82)72-70-68-66-64-62-60-58-56-54-52-50-48-45-33-31-29-27-25-23-21-19-17-15-13-11-9-7-2/h9,11,15,17,21,23,27,29,33,45,50,52,56,58,77H,6-8,10,12-14,16,18-20,22,24-26,28,30-32,34-44,46-49,51,53-55,57,59-76H2,1-5H3/p+1/b11-9-,17-15-,23-21-,29-27-,45-33-,52-50-,58-56-. The number of unbranched alkanes of at least 4 members (excludes halogenated alkanes) is 42. The molecule has 10 heteroatoms. The molecule has 0 radical (unpaired) electrons. The lowest BCUT2D eigenvalue weighted by molar-refractivity contribution is -0.870. The molecule has 2 atom stereocenters. The normalized spacial score (nSPS) is 13.6. The van der Waals surface area contributed by atoms with Crippen LogP contribution >= 0.6 is 7.82 Å². The number of esters is 2. The highest BCUT2D eigenvalue weighted by molar-refractivity contribution is 7.47. The Morgan fingerprint density at radius 2 is 0.640 bits per heavy atom. The lowest BCUT2D eigenvalue weighted by atomic mass is 10.0. The van der Waals surface area contributed by atoms with Crippen LogP contribution in [0.15, 0.2) is 85.1 Å². The number of carbonyl (C=O) groups is 2. The van der Waals surface area contributed by atoms with E-state index in [9.17, 15) is 19.0 Å². The van der Waals surface area contributed by atoms with Gasteiger partial charge in [-0.3, -0.25) is 18.6 Å². The number of carbonyl (C=O) groups excluding carboxylic acids is 2. The van der Waals surface area contributed by atoms with Gasteiger partial charge in [-0.1, -0.05) is 356 Å². The molecule has 0 bridgehead atoms. The number of phosphoric ester groups is 1. The van der Waals surface area contributed by atoms with Gasteiger partial charge in [-0.15, -0.1) is 0 Å². The van der Waals surface area contributed by atoms with E-state index >= 15 is 0 Å². The zero-order chi connectivity index (χ0) is 64.8. The third-order valence-corrected chi connectivity index (χ3v) is 17.7. The van der Waals surface area contributed by atoms with Crippen molar-refractivity contribution in [3.63, 3.8) is 0 Å². The Labute approximate surface area is 551 Å². The van der Waals surface area contributed by atoms with Gasteiger partial charge in [0.2, 0.25) is 0 Å². The van der Waals surface area contributed by atoms with Gasteiger partial charge in [0, 0.05) is 12.8 Å². The molecular weight excluding hydrogens is 1120 g/mol. The van der Waals surface area contributed by atoms with Gasteiger partial charge in [-0.05, 0) is 70.6 Å². The van der Waals surface area contributed by atoms with E-state index in [1.54, 1.807) is 0 Å². The van der Waals surface area contributed by atoms with Gasteiger partial charge in [-0.25, -0.2) is 4.57 Å². The summed E-state index contributed by atoms with van der Waals surface area (Å²) in [5, 5.41) is 0. The van der Waals surface area contributed by atoms with Crippen molar-refractivity contribution in [2.75, 3.05) is 47.5 Å². The van der Waals surface area contributed by atoms with Crippen molar-refractivity contribution in [2.24, 2.45) is 0 Å². The number of phosphoric acid groups is 1. The maximum absolute atomic E-state index is 12.9. The van der Waals surface area contributed by atoms with Crippen LogP contribution in [0, 0.1) is 0 Å². The molecule has 0 aromatic rings. The van der Waals surface area contributed by atoms with Crippen LogP contribution in [0.1, 0.15) is 354 Å². The van der Waals surface area contributed by atoms with E-state index in [1.165, 1.54) is 225 Å². The predicted octanol–water partition coefficient (Wildman–Crippen LogP) is 24.9. The highest BCUT2D eigenvalue weighted by Gasteiger charge is 2.27. The molecule has 0 rings (SSSR count). The molecule has 0 saturated carbocycles. The fraction of sp³-hybridized carbons (Fsp3) is 0.797. The number of nitrogens with zero attached hydrogens (tertiary/aromatic N) is 1. The second-order valence-electron chi connectivity index (χ2n) is 26.7. The first-order chi connectivity index (χ1) is 43.5. The van der Waals surface area contributed by atoms with Crippen LogP contribution in [0.25, 0.3) is 0 Å². The summed E-state index contributed by atoms with van der Waals surface area (Å²) in [5.41, 5.74) is 0. The van der Waals surface area contributed by atoms with E-state index in [-0.39, 0.29) is 32.0 Å². The topological polar surface area (TPSA) is 108 Å². The van der Waals surface area contributed by atoms with E-state index < -0.39 is 26.5 Å². The summed E-state index contributed by atoms with van der Waals surface area (Å²) in [6.07, 6.45) is 95.8. The minimum atomic E-state index is -4.40. The first-order valence-electron chi connectivity index (χ1n) is 37.8. The van der Waals surface area contributed by atoms with E-state index in [1.807, 2.05) is 21.1 Å². The number of hydrogen-bond donors (Lipinski definition) is 1. The summed E-state index contributed by atoms with van der Waals surface area (Å²) in [5.74, 6) is -0.810. The van der Waals surface area contributed by atoms with Crippen molar-refractivity contribution in [3.05, 3.63) is 85.1 Å². The van der Waals surface area contributed by atoms with Crippen LogP contribution in [-0.4, -0.2) is 74.9 Å². The van der Waals surface area contributed by atoms with Crippen molar-refractivity contribution in [2.45, 2.75) is 360 Å².